The normalized spacial score (nSPS) is 16.7. The maximum atomic E-state index is 13.4. The van der Waals surface area contributed by atoms with Gasteiger partial charge >= 0.3 is 0 Å². The summed E-state index contributed by atoms with van der Waals surface area (Å²) in [6, 6.07) is 13.1. The van der Waals surface area contributed by atoms with Crippen LogP contribution in [0.2, 0.25) is 0 Å². The molecule has 1 heterocycles. The Labute approximate surface area is 199 Å². The Kier molecular flexibility index (Phi) is 8.01. The lowest BCUT2D eigenvalue weighted by atomic mass is 9.96. The number of amides is 1. The molecule has 0 spiro atoms. The number of methoxy groups -OCH3 is 1. The number of benzene rings is 2. The number of nitrogens with one attached hydrogen (secondary N) is 1. The molecule has 2 aromatic rings. The standard InChI is InChI=1S/C24H31BrN2O4S/c1-16(2)20-7-10-22(31-4)23(15-20)32(29,30)27-13-11-19(12-14-27)24(28)26-17(3)18-5-8-21(25)9-6-18/h5-10,15-17,19H,11-14H2,1-4H3,(H,26,28)/t17-/m1/s1. The number of piperidine rings is 1. The SMILES string of the molecule is COc1ccc(C(C)C)cc1S(=O)(=O)N1CCC(C(=O)N[C@H](C)c2ccc(Br)cc2)CC1. The van der Waals surface area contributed by atoms with E-state index >= 15 is 0 Å². The quantitative estimate of drug-likeness (QED) is 0.563. The number of halogens is 1. The van der Waals surface area contributed by atoms with Crippen molar-refractivity contribution in [3.05, 3.63) is 58.1 Å². The van der Waals surface area contributed by atoms with Gasteiger partial charge in [-0.3, -0.25) is 4.79 Å². The van der Waals surface area contributed by atoms with Gasteiger partial charge in [0, 0.05) is 23.5 Å². The van der Waals surface area contributed by atoms with E-state index in [1.54, 1.807) is 12.1 Å². The minimum absolute atomic E-state index is 0.0307. The number of sulfonamides is 1. The van der Waals surface area contributed by atoms with Crippen LogP contribution in [0.4, 0.5) is 0 Å². The van der Waals surface area contributed by atoms with E-state index in [4.69, 9.17) is 4.74 Å². The maximum Gasteiger partial charge on any atom is 0.246 e. The summed E-state index contributed by atoms with van der Waals surface area (Å²) < 4.78 is 34.5. The van der Waals surface area contributed by atoms with Gasteiger partial charge in [0.1, 0.15) is 10.6 Å². The molecule has 2 aromatic carbocycles. The molecule has 0 saturated carbocycles. The third-order valence-electron chi connectivity index (χ3n) is 6.03. The number of nitrogens with zero attached hydrogens (tertiary/aromatic N) is 1. The molecule has 32 heavy (non-hydrogen) atoms. The van der Waals surface area contributed by atoms with Gasteiger partial charge in [-0.2, -0.15) is 4.31 Å². The fraction of sp³-hybridized carbons (Fsp3) is 0.458. The van der Waals surface area contributed by atoms with Crippen molar-refractivity contribution in [1.82, 2.24) is 9.62 Å². The number of hydrogen-bond acceptors (Lipinski definition) is 4. The summed E-state index contributed by atoms with van der Waals surface area (Å²) in [6.07, 6.45) is 0.981. The van der Waals surface area contributed by atoms with Gasteiger partial charge in [-0.25, -0.2) is 8.42 Å². The van der Waals surface area contributed by atoms with Gasteiger partial charge in [0.25, 0.3) is 0 Å². The number of carbonyl (C=O) groups is 1. The highest BCUT2D eigenvalue weighted by Gasteiger charge is 2.34. The molecule has 0 radical (unpaired) electrons. The molecule has 6 nitrogen and oxygen atoms in total. The summed E-state index contributed by atoms with van der Waals surface area (Å²) in [5, 5.41) is 3.07. The van der Waals surface area contributed by atoms with Crippen LogP contribution in [0.3, 0.4) is 0 Å². The van der Waals surface area contributed by atoms with Crippen molar-refractivity contribution in [3.63, 3.8) is 0 Å². The third kappa shape index (κ3) is 5.53. The molecule has 1 fully saturated rings. The molecule has 1 atom stereocenters. The molecule has 1 aliphatic heterocycles. The van der Waals surface area contributed by atoms with Crippen LogP contribution in [0.1, 0.15) is 56.7 Å². The lowest BCUT2D eigenvalue weighted by Crippen LogP contribution is -2.43. The van der Waals surface area contributed by atoms with Crippen LogP contribution in [-0.2, 0) is 14.8 Å². The monoisotopic (exact) mass is 522 g/mol. The third-order valence-corrected chi connectivity index (χ3v) is 8.47. The van der Waals surface area contributed by atoms with Gasteiger partial charge in [0.2, 0.25) is 15.9 Å². The molecule has 0 aliphatic carbocycles. The Bertz CT molecular complexity index is 1050. The van der Waals surface area contributed by atoms with Gasteiger partial charge in [0.05, 0.1) is 13.2 Å². The van der Waals surface area contributed by atoms with Crippen molar-refractivity contribution in [1.29, 1.82) is 0 Å². The smallest absolute Gasteiger partial charge is 0.246 e. The molecule has 1 amide bonds. The van der Waals surface area contributed by atoms with Gasteiger partial charge in [-0.05, 0) is 61.1 Å². The van der Waals surface area contributed by atoms with Crippen molar-refractivity contribution >= 4 is 31.9 Å². The maximum absolute atomic E-state index is 13.4. The Hall–Kier alpha value is -1.90. The van der Waals surface area contributed by atoms with E-state index in [1.807, 2.05) is 51.1 Å². The second-order valence-corrected chi connectivity index (χ2v) is 11.3. The molecule has 0 aromatic heterocycles. The van der Waals surface area contributed by atoms with E-state index in [1.165, 1.54) is 11.4 Å². The number of carbonyl (C=O) groups excluding carboxylic acids is 1. The zero-order chi connectivity index (χ0) is 23.5. The van der Waals surface area contributed by atoms with Crippen molar-refractivity contribution < 1.29 is 17.9 Å². The average Bonchev–Trinajstić information content (AvgIpc) is 2.79. The lowest BCUT2D eigenvalue weighted by molar-refractivity contribution is -0.126. The zero-order valence-electron chi connectivity index (χ0n) is 19.0. The Morgan fingerprint density at radius 1 is 1.06 bits per heavy atom. The zero-order valence-corrected chi connectivity index (χ0v) is 21.4. The summed E-state index contributed by atoms with van der Waals surface area (Å²) in [5.41, 5.74) is 1.97. The van der Waals surface area contributed by atoms with Crippen molar-refractivity contribution in [3.8, 4) is 5.75 Å². The minimum atomic E-state index is -3.71. The van der Waals surface area contributed by atoms with E-state index in [-0.39, 0.29) is 28.7 Å². The molecule has 1 saturated heterocycles. The Morgan fingerprint density at radius 2 is 1.66 bits per heavy atom. The van der Waals surface area contributed by atoms with Crippen LogP contribution in [0.25, 0.3) is 0 Å². The number of ether oxygens (including phenoxy) is 1. The van der Waals surface area contributed by atoms with Crippen LogP contribution >= 0.6 is 15.9 Å². The first kappa shape index (κ1) is 24.7. The van der Waals surface area contributed by atoms with Crippen LogP contribution in [0, 0.1) is 5.92 Å². The average molecular weight is 523 g/mol. The predicted octanol–water partition coefficient (Wildman–Crippen LogP) is 4.86. The van der Waals surface area contributed by atoms with Gasteiger partial charge in [-0.15, -0.1) is 0 Å². The van der Waals surface area contributed by atoms with Gasteiger partial charge in [-0.1, -0.05) is 48.0 Å². The Balaban J connectivity index is 1.66. The first-order valence-electron chi connectivity index (χ1n) is 10.9. The van der Waals surface area contributed by atoms with Crippen LogP contribution < -0.4 is 10.1 Å². The van der Waals surface area contributed by atoms with E-state index in [2.05, 4.69) is 21.2 Å². The molecular formula is C24H31BrN2O4S. The molecule has 0 bridgehead atoms. The summed E-state index contributed by atoms with van der Waals surface area (Å²) in [7, 11) is -2.23. The second-order valence-electron chi connectivity index (χ2n) is 8.53. The topological polar surface area (TPSA) is 75.7 Å². The van der Waals surface area contributed by atoms with Crippen molar-refractivity contribution in [2.45, 2.75) is 50.5 Å². The van der Waals surface area contributed by atoms with Crippen molar-refractivity contribution in [2.24, 2.45) is 5.92 Å². The molecule has 1 N–H and O–H groups in total. The van der Waals surface area contributed by atoms with Gasteiger partial charge < -0.3 is 10.1 Å². The van der Waals surface area contributed by atoms with Crippen LogP contribution in [0.5, 0.6) is 5.75 Å². The second kappa shape index (κ2) is 10.4. The predicted molar refractivity (Wildman–Crippen MR) is 129 cm³/mol. The molecule has 1 aliphatic rings. The van der Waals surface area contributed by atoms with Crippen LogP contribution in [0.15, 0.2) is 51.8 Å². The number of rotatable bonds is 7. The summed E-state index contributed by atoms with van der Waals surface area (Å²) in [4.78, 5) is 13.0. The van der Waals surface area contributed by atoms with E-state index < -0.39 is 10.0 Å². The van der Waals surface area contributed by atoms with E-state index in [0.29, 0.717) is 31.7 Å². The minimum Gasteiger partial charge on any atom is -0.495 e. The highest BCUT2D eigenvalue weighted by molar-refractivity contribution is 9.10. The highest BCUT2D eigenvalue weighted by Crippen LogP contribution is 2.32. The summed E-state index contributed by atoms with van der Waals surface area (Å²) in [6.45, 7) is 6.62. The van der Waals surface area contributed by atoms with E-state index in [0.717, 1.165) is 15.6 Å². The highest BCUT2D eigenvalue weighted by atomic mass is 79.9. The van der Waals surface area contributed by atoms with Gasteiger partial charge in [0.15, 0.2) is 0 Å². The van der Waals surface area contributed by atoms with Crippen molar-refractivity contribution in [2.75, 3.05) is 20.2 Å². The fourth-order valence-corrected chi connectivity index (χ4v) is 5.84. The Morgan fingerprint density at radius 3 is 2.22 bits per heavy atom. The summed E-state index contributed by atoms with van der Waals surface area (Å²) in [5.74, 6) is 0.315. The first-order chi connectivity index (χ1) is 15.1. The fourth-order valence-electron chi connectivity index (χ4n) is 3.92. The van der Waals surface area contributed by atoms with Crippen LogP contribution in [-0.4, -0.2) is 38.8 Å². The molecule has 174 valence electrons. The first-order valence-corrected chi connectivity index (χ1v) is 13.1. The molecule has 8 heteroatoms. The molecule has 0 unspecified atom stereocenters. The molecular weight excluding hydrogens is 492 g/mol. The molecule has 3 rings (SSSR count). The summed E-state index contributed by atoms with van der Waals surface area (Å²) >= 11 is 3.42. The van der Waals surface area contributed by atoms with E-state index in [9.17, 15) is 13.2 Å². The largest absolute Gasteiger partial charge is 0.495 e. The number of hydrogen-bond donors (Lipinski definition) is 1. The lowest BCUT2D eigenvalue weighted by Gasteiger charge is -2.31.